The van der Waals surface area contributed by atoms with Gasteiger partial charge < -0.3 is 24.5 Å². The molecule has 0 radical (unpaired) electrons. The van der Waals surface area contributed by atoms with Crippen molar-refractivity contribution in [3.63, 3.8) is 0 Å². The molecule has 2 N–H and O–H groups in total. The van der Waals surface area contributed by atoms with Gasteiger partial charge in [-0.05, 0) is 36.4 Å². The maximum atomic E-state index is 12.1. The zero-order chi connectivity index (χ0) is 18.5. The fraction of sp³-hybridized carbons (Fsp3) is 0.167. The van der Waals surface area contributed by atoms with E-state index in [1.807, 2.05) is 31.1 Å². The minimum absolute atomic E-state index is 0.0690. The van der Waals surface area contributed by atoms with E-state index < -0.39 is 5.91 Å². The van der Waals surface area contributed by atoms with E-state index in [0.717, 1.165) is 5.69 Å². The zero-order valence-electron chi connectivity index (χ0n) is 14.4. The van der Waals surface area contributed by atoms with Crippen molar-refractivity contribution in [2.45, 2.75) is 0 Å². The lowest BCUT2D eigenvalue weighted by atomic mass is 10.2. The second-order valence-electron chi connectivity index (χ2n) is 5.73. The third kappa shape index (κ3) is 4.10. The number of nitrogens with one attached hydrogen (secondary N) is 2. The summed E-state index contributed by atoms with van der Waals surface area (Å²) in [6.45, 7) is -0.183. The summed E-state index contributed by atoms with van der Waals surface area (Å²) in [5.41, 5.74) is 1.74. The summed E-state index contributed by atoms with van der Waals surface area (Å²) in [4.78, 5) is 26.0. The second kappa shape index (κ2) is 7.56. The molecule has 0 aliphatic heterocycles. The Hall–Kier alpha value is -3.55. The predicted octanol–water partition coefficient (Wildman–Crippen LogP) is 2.37. The Morgan fingerprint density at radius 3 is 2.54 bits per heavy atom. The van der Waals surface area contributed by atoms with Gasteiger partial charge in [0.05, 0.1) is 12.8 Å². The smallest absolute Gasteiger partial charge is 0.273 e. The van der Waals surface area contributed by atoms with Crippen LogP contribution in [0.25, 0.3) is 11.5 Å². The van der Waals surface area contributed by atoms with Crippen LogP contribution in [0.3, 0.4) is 0 Å². The van der Waals surface area contributed by atoms with Gasteiger partial charge in [0.15, 0.2) is 11.5 Å². The van der Waals surface area contributed by atoms with Crippen LogP contribution in [0.15, 0.2) is 57.7 Å². The maximum absolute atomic E-state index is 12.1. The van der Waals surface area contributed by atoms with Crippen molar-refractivity contribution in [2.75, 3.05) is 30.9 Å². The molecule has 0 atom stereocenters. The molecule has 26 heavy (non-hydrogen) atoms. The number of hydrogen-bond acceptors (Lipinski definition) is 6. The lowest BCUT2D eigenvalue weighted by Gasteiger charge is -2.13. The van der Waals surface area contributed by atoms with Crippen molar-refractivity contribution in [3.05, 3.63) is 54.4 Å². The van der Waals surface area contributed by atoms with E-state index in [0.29, 0.717) is 17.2 Å². The van der Waals surface area contributed by atoms with Gasteiger partial charge in [0.2, 0.25) is 11.7 Å². The first-order valence-corrected chi connectivity index (χ1v) is 7.89. The lowest BCUT2D eigenvalue weighted by Crippen LogP contribution is -2.33. The van der Waals surface area contributed by atoms with Crippen LogP contribution in [0.1, 0.15) is 10.5 Å². The monoisotopic (exact) mass is 354 g/mol. The SMILES string of the molecule is CN(C)c1ccc(NC(=O)CNC(=O)c2cc(-c3ccco3)on2)cc1. The Balaban J connectivity index is 1.52. The Kier molecular flexibility index (Phi) is 5.02. The van der Waals surface area contributed by atoms with Crippen LogP contribution in [0, 0.1) is 0 Å². The molecule has 0 spiro atoms. The van der Waals surface area contributed by atoms with Crippen molar-refractivity contribution >= 4 is 23.2 Å². The topological polar surface area (TPSA) is 101 Å². The van der Waals surface area contributed by atoms with Crippen LogP contribution >= 0.6 is 0 Å². The van der Waals surface area contributed by atoms with E-state index in [1.165, 1.54) is 12.3 Å². The average Bonchev–Trinajstić information content (AvgIpc) is 3.31. The first-order valence-electron chi connectivity index (χ1n) is 7.89. The van der Waals surface area contributed by atoms with Crippen LogP contribution in [0.5, 0.6) is 0 Å². The molecule has 0 saturated heterocycles. The number of furan rings is 1. The largest absolute Gasteiger partial charge is 0.461 e. The number of aromatic nitrogens is 1. The molecule has 2 heterocycles. The van der Waals surface area contributed by atoms with E-state index in [4.69, 9.17) is 8.94 Å². The molecule has 8 nitrogen and oxygen atoms in total. The molecule has 0 aliphatic rings. The summed E-state index contributed by atoms with van der Waals surface area (Å²) in [7, 11) is 3.87. The van der Waals surface area contributed by atoms with Gasteiger partial charge in [-0.25, -0.2) is 0 Å². The minimum atomic E-state index is -0.510. The van der Waals surface area contributed by atoms with Crippen molar-refractivity contribution < 1.29 is 18.5 Å². The molecule has 2 amide bonds. The lowest BCUT2D eigenvalue weighted by molar-refractivity contribution is -0.115. The second-order valence-corrected chi connectivity index (χ2v) is 5.73. The van der Waals surface area contributed by atoms with Crippen molar-refractivity contribution in [3.8, 4) is 11.5 Å². The molecule has 134 valence electrons. The number of benzene rings is 1. The van der Waals surface area contributed by atoms with Crippen LogP contribution in [0.2, 0.25) is 0 Å². The van der Waals surface area contributed by atoms with Crippen LogP contribution < -0.4 is 15.5 Å². The third-order valence-corrected chi connectivity index (χ3v) is 3.58. The van der Waals surface area contributed by atoms with E-state index in [-0.39, 0.29) is 18.1 Å². The highest BCUT2D eigenvalue weighted by Crippen LogP contribution is 2.20. The minimum Gasteiger partial charge on any atom is -0.461 e. The predicted molar refractivity (Wildman–Crippen MR) is 95.9 cm³/mol. The number of rotatable bonds is 6. The van der Waals surface area contributed by atoms with E-state index in [2.05, 4.69) is 15.8 Å². The van der Waals surface area contributed by atoms with Crippen molar-refractivity contribution in [2.24, 2.45) is 0 Å². The van der Waals surface area contributed by atoms with Gasteiger partial charge in [0.25, 0.3) is 5.91 Å². The normalized spacial score (nSPS) is 10.4. The summed E-state index contributed by atoms with van der Waals surface area (Å²) < 4.78 is 10.2. The van der Waals surface area contributed by atoms with Gasteiger partial charge in [-0.2, -0.15) is 0 Å². The molecular weight excluding hydrogens is 336 g/mol. The summed E-state index contributed by atoms with van der Waals surface area (Å²) in [5, 5.41) is 8.88. The molecule has 0 unspecified atom stereocenters. The Morgan fingerprint density at radius 2 is 1.88 bits per heavy atom. The van der Waals surface area contributed by atoms with Gasteiger partial charge in [-0.3, -0.25) is 9.59 Å². The molecule has 3 aromatic rings. The van der Waals surface area contributed by atoms with Crippen LogP contribution in [-0.2, 0) is 4.79 Å². The number of amides is 2. The molecule has 3 rings (SSSR count). The third-order valence-electron chi connectivity index (χ3n) is 3.58. The Morgan fingerprint density at radius 1 is 1.12 bits per heavy atom. The summed E-state index contributed by atoms with van der Waals surface area (Å²) >= 11 is 0. The Bertz CT molecular complexity index is 882. The summed E-state index contributed by atoms with van der Waals surface area (Å²) in [6, 6.07) is 12.2. The number of hydrogen-bond donors (Lipinski definition) is 2. The average molecular weight is 354 g/mol. The van der Waals surface area contributed by atoms with Gasteiger partial charge in [0, 0.05) is 31.5 Å². The number of carbonyl (C=O) groups is 2. The first-order chi connectivity index (χ1) is 12.5. The molecule has 2 aromatic heterocycles. The standard InChI is InChI=1S/C18H18N4O4/c1-22(2)13-7-5-12(6-8-13)20-17(23)11-19-18(24)14-10-16(26-21-14)15-4-3-9-25-15/h3-10H,11H2,1-2H3,(H,19,24)(H,20,23). The number of carbonyl (C=O) groups excluding carboxylic acids is 2. The van der Waals surface area contributed by atoms with E-state index >= 15 is 0 Å². The summed E-state index contributed by atoms with van der Waals surface area (Å²) in [6.07, 6.45) is 1.49. The van der Waals surface area contributed by atoms with Gasteiger partial charge in [0.1, 0.15) is 0 Å². The van der Waals surface area contributed by atoms with Crippen LogP contribution in [0.4, 0.5) is 11.4 Å². The van der Waals surface area contributed by atoms with Crippen LogP contribution in [-0.4, -0.2) is 37.6 Å². The van der Waals surface area contributed by atoms with E-state index in [1.54, 1.807) is 24.3 Å². The highest BCUT2D eigenvalue weighted by molar-refractivity contribution is 5.98. The maximum Gasteiger partial charge on any atom is 0.273 e. The molecule has 8 heteroatoms. The molecule has 0 aliphatic carbocycles. The highest BCUT2D eigenvalue weighted by Gasteiger charge is 2.15. The van der Waals surface area contributed by atoms with E-state index in [9.17, 15) is 9.59 Å². The van der Waals surface area contributed by atoms with Gasteiger partial charge in [-0.1, -0.05) is 5.16 Å². The zero-order valence-corrected chi connectivity index (χ0v) is 14.4. The number of anilines is 2. The molecule has 0 fully saturated rings. The molecule has 0 bridgehead atoms. The number of nitrogens with zero attached hydrogens (tertiary/aromatic N) is 2. The molecular formula is C18H18N4O4. The first kappa shape index (κ1) is 17.3. The van der Waals surface area contributed by atoms with Crippen molar-refractivity contribution in [1.82, 2.24) is 10.5 Å². The molecule has 1 aromatic carbocycles. The fourth-order valence-electron chi connectivity index (χ4n) is 2.22. The summed E-state index contributed by atoms with van der Waals surface area (Å²) in [5.74, 6) is -0.0450. The fourth-order valence-corrected chi connectivity index (χ4v) is 2.22. The van der Waals surface area contributed by atoms with Gasteiger partial charge >= 0.3 is 0 Å². The highest BCUT2D eigenvalue weighted by atomic mass is 16.5. The van der Waals surface area contributed by atoms with Crippen molar-refractivity contribution in [1.29, 1.82) is 0 Å². The van der Waals surface area contributed by atoms with Gasteiger partial charge in [-0.15, -0.1) is 0 Å². The Labute approximate surface area is 149 Å². The molecule has 0 saturated carbocycles. The quantitative estimate of drug-likeness (QED) is 0.705.